The van der Waals surface area contributed by atoms with Gasteiger partial charge in [-0.3, -0.25) is 14.4 Å². The summed E-state index contributed by atoms with van der Waals surface area (Å²) >= 11 is 0. The van der Waals surface area contributed by atoms with Gasteiger partial charge in [-0.05, 0) is 93.0 Å². The summed E-state index contributed by atoms with van der Waals surface area (Å²) in [4.78, 5) is 72.2. The Hall–Kier alpha value is -7.13. The molecule has 0 spiro atoms. The van der Waals surface area contributed by atoms with Crippen LogP contribution in [-0.2, 0) is 40.9 Å². The molecule has 0 unspecified atom stereocenters. The predicted octanol–water partition coefficient (Wildman–Crippen LogP) is 6.85. The Bertz CT molecular complexity index is 2620. The molecule has 3 fully saturated rings. The fourth-order valence-electron chi connectivity index (χ4n) is 9.60. The number of hydrogen-bond donors (Lipinski definition) is 4. The molecule has 350 valence electrons. The van der Waals surface area contributed by atoms with Crippen molar-refractivity contribution in [1.29, 1.82) is 0 Å². The van der Waals surface area contributed by atoms with E-state index in [1.807, 2.05) is 111 Å². The molecule has 67 heavy (non-hydrogen) atoms. The normalized spacial score (nSPS) is 20.0. The fraction of sp³-hybridized carbons (Fsp3) is 0.365. The Kier molecular flexibility index (Phi) is 13.7. The maximum atomic E-state index is 14.8. The number of carbonyl (C=O) groups excluding carboxylic acids is 5. The van der Waals surface area contributed by atoms with Gasteiger partial charge in [0, 0.05) is 67.9 Å². The van der Waals surface area contributed by atoms with E-state index in [2.05, 4.69) is 22.5 Å². The number of amides is 6. The number of para-hydroxylation sites is 1. The van der Waals surface area contributed by atoms with Crippen LogP contribution in [0.25, 0.3) is 22.0 Å². The number of aryl methyl sites for hydroxylation is 1. The van der Waals surface area contributed by atoms with Crippen LogP contribution >= 0.6 is 0 Å². The highest BCUT2D eigenvalue weighted by atomic mass is 16.6. The Morgan fingerprint density at radius 3 is 2.21 bits per heavy atom. The Morgan fingerprint density at radius 1 is 0.851 bits per heavy atom. The second kappa shape index (κ2) is 19.8. The van der Waals surface area contributed by atoms with E-state index < -0.39 is 29.9 Å². The van der Waals surface area contributed by atoms with Crippen molar-refractivity contribution in [2.75, 3.05) is 19.6 Å². The summed E-state index contributed by atoms with van der Waals surface area (Å²) in [5.74, 6) is -0.579. The number of fused-ring (bicyclic) bond motifs is 2. The predicted molar refractivity (Wildman–Crippen MR) is 255 cm³/mol. The van der Waals surface area contributed by atoms with E-state index in [-0.39, 0.29) is 74.7 Å². The molecule has 2 atom stereocenters. The van der Waals surface area contributed by atoms with Gasteiger partial charge < -0.3 is 40.2 Å². The maximum Gasteiger partial charge on any atom is 0.407 e. The second-order valence-electron chi connectivity index (χ2n) is 18.7. The minimum Gasteiger partial charge on any atom is -0.508 e. The third kappa shape index (κ3) is 10.6. The van der Waals surface area contributed by atoms with Crippen molar-refractivity contribution in [2.24, 2.45) is 7.05 Å². The first-order chi connectivity index (χ1) is 32.1. The van der Waals surface area contributed by atoms with Crippen LogP contribution in [-0.4, -0.2) is 109 Å². The number of nitrogens with zero attached hydrogens (tertiary/aromatic N) is 5. The minimum absolute atomic E-state index is 0.00264. The van der Waals surface area contributed by atoms with Crippen LogP contribution in [0.15, 0.2) is 116 Å². The third-order valence-electron chi connectivity index (χ3n) is 12.7. The summed E-state index contributed by atoms with van der Waals surface area (Å²) in [7, 11) is 1.97. The maximum absolute atomic E-state index is 14.8. The Balaban J connectivity index is 1.02. The zero-order valence-electron chi connectivity index (χ0n) is 38.6. The first-order valence-electron chi connectivity index (χ1n) is 23.0. The Morgan fingerprint density at radius 2 is 1.54 bits per heavy atom. The van der Waals surface area contributed by atoms with Crippen molar-refractivity contribution in [3.05, 3.63) is 138 Å². The lowest BCUT2D eigenvalue weighted by Crippen LogP contribution is -2.76. The summed E-state index contributed by atoms with van der Waals surface area (Å²) in [6, 6.07) is 28.4. The van der Waals surface area contributed by atoms with Crippen molar-refractivity contribution >= 4 is 40.7 Å². The van der Waals surface area contributed by atoms with E-state index in [4.69, 9.17) is 4.74 Å². The SMILES string of the molecule is C=CCN1CC(=O)N2[C@@H](Cc3ccc(O)cc3)C(=O)N(Cc3cccc4c(-c5ccc(C(=O)NC6CCC(NC(=O)OC(C)(C)C)CC6)cc5)cn(C)c34)C[C@@H]2N1C(=O)NCc1ccccc1. The second-order valence-corrected chi connectivity index (χ2v) is 18.7. The van der Waals surface area contributed by atoms with Crippen LogP contribution in [0, 0.1) is 0 Å². The summed E-state index contributed by atoms with van der Waals surface area (Å²) in [5.41, 5.74) is 5.35. The van der Waals surface area contributed by atoms with Crippen LogP contribution in [0.5, 0.6) is 5.75 Å². The highest BCUT2D eigenvalue weighted by Gasteiger charge is 2.51. The number of rotatable bonds is 12. The lowest BCUT2D eigenvalue weighted by molar-refractivity contribution is -0.189. The first-order valence-corrected chi connectivity index (χ1v) is 23.0. The number of phenolic OH excluding ortho intramolecular Hbond substituents is 1. The molecule has 1 aliphatic carbocycles. The molecular weight excluding hydrogens is 849 g/mol. The standard InChI is InChI=1S/C52H60N8O7/c1-6-27-58-33-46(62)59-44(28-34-15-25-41(61)26-16-34)49(64)57(32-45(59)60(58)50(65)53-29-35-11-8-7-9-12-35)30-38-13-10-14-42-43(31-56(5)47(38)42)36-17-19-37(20-18-36)48(63)54-39-21-23-40(24-22-39)55-51(66)67-52(2,3)4/h6-20,25-26,31,39-40,44-45,61H,1,21-24,27-30,32-33H2,2-5H3,(H,53,65)(H,54,63)(H,55,66)/t39?,40?,44-,45-/m0/s1. The summed E-state index contributed by atoms with van der Waals surface area (Å²) in [6.45, 7) is 10.1. The van der Waals surface area contributed by atoms with Gasteiger partial charge in [-0.1, -0.05) is 78.9 Å². The number of aromatic hydroxyl groups is 1. The Labute approximate surface area is 391 Å². The third-order valence-corrected chi connectivity index (χ3v) is 12.7. The van der Waals surface area contributed by atoms with Gasteiger partial charge in [0.05, 0.1) is 18.6 Å². The highest BCUT2D eigenvalue weighted by molar-refractivity contribution is 6.00. The van der Waals surface area contributed by atoms with Crippen LogP contribution in [0.2, 0.25) is 0 Å². The molecule has 1 aromatic heterocycles. The molecule has 15 heteroatoms. The molecule has 8 rings (SSSR count). The largest absolute Gasteiger partial charge is 0.508 e. The van der Waals surface area contributed by atoms with Crippen LogP contribution in [0.1, 0.15) is 73.5 Å². The smallest absolute Gasteiger partial charge is 0.407 e. The van der Waals surface area contributed by atoms with E-state index in [9.17, 15) is 29.1 Å². The number of carbonyl (C=O) groups is 5. The number of phenols is 1. The molecule has 0 radical (unpaired) electrons. The number of piperazine rings is 1. The molecule has 3 heterocycles. The summed E-state index contributed by atoms with van der Waals surface area (Å²) < 4.78 is 7.45. The molecule has 2 saturated heterocycles. The summed E-state index contributed by atoms with van der Waals surface area (Å²) in [5, 5.41) is 23.4. The van der Waals surface area contributed by atoms with Gasteiger partial charge in [-0.2, -0.15) is 0 Å². The molecule has 3 aliphatic rings. The molecule has 6 amide bonds. The zero-order valence-corrected chi connectivity index (χ0v) is 38.6. The lowest BCUT2D eigenvalue weighted by atomic mass is 9.91. The molecule has 4 aromatic carbocycles. The number of nitrogens with one attached hydrogen (secondary N) is 3. The van der Waals surface area contributed by atoms with Gasteiger partial charge in [0.1, 0.15) is 23.6 Å². The number of hydrazine groups is 1. The molecular formula is C52H60N8O7. The van der Waals surface area contributed by atoms with Crippen LogP contribution < -0.4 is 16.0 Å². The number of alkyl carbamates (subject to hydrolysis) is 1. The van der Waals surface area contributed by atoms with E-state index in [0.717, 1.165) is 64.4 Å². The van der Waals surface area contributed by atoms with E-state index in [1.54, 1.807) is 50.2 Å². The van der Waals surface area contributed by atoms with Crippen LogP contribution in [0.3, 0.4) is 0 Å². The topological polar surface area (TPSA) is 169 Å². The highest BCUT2D eigenvalue weighted by Crippen LogP contribution is 2.35. The zero-order chi connectivity index (χ0) is 47.4. The molecule has 0 bridgehead atoms. The molecule has 2 aliphatic heterocycles. The summed E-state index contributed by atoms with van der Waals surface area (Å²) in [6.07, 6.45) is 5.62. The van der Waals surface area contributed by atoms with E-state index >= 15 is 0 Å². The monoisotopic (exact) mass is 908 g/mol. The molecule has 5 aromatic rings. The number of urea groups is 1. The van der Waals surface area contributed by atoms with Crippen LogP contribution in [0.4, 0.5) is 9.59 Å². The minimum atomic E-state index is -0.929. The van der Waals surface area contributed by atoms with Crippen molar-refractivity contribution < 1.29 is 33.8 Å². The lowest BCUT2D eigenvalue weighted by Gasteiger charge is -2.55. The number of hydrogen-bond acceptors (Lipinski definition) is 8. The van der Waals surface area contributed by atoms with Gasteiger partial charge in [0.25, 0.3) is 5.91 Å². The van der Waals surface area contributed by atoms with Gasteiger partial charge in [-0.25, -0.2) is 19.6 Å². The molecule has 1 saturated carbocycles. The van der Waals surface area contributed by atoms with Crippen molar-refractivity contribution in [3.8, 4) is 16.9 Å². The van der Waals surface area contributed by atoms with Gasteiger partial charge >= 0.3 is 12.1 Å². The van der Waals surface area contributed by atoms with Gasteiger partial charge in [0.2, 0.25) is 11.8 Å². The fourth-order valence-corrected chi connectivity index (χ4v) is 9.60. The van der Waals surface area contributed by atoms with Crippen molar-refractivity contribution in [1.82, 2.24) is 40.3 Å². The molecule has 15 nitrogen and oxygen atoms in total. The first kappa shape index (κ1) is 46.4. The number of aromatic nitrogens is 1. The van der Waals surface area contributed by atoms with Crippen molar-refractivity contribution in [3.63, 3.8) is 0 Å². The quantitative estimate of drug-likeness (QED) is 0.0986. The average Bonchev–Trinajstić information content (AvgIpc) is 3.64. The van der Waals surface area contributed by atoms with Crippen molar-refractivity contribution in [2.45, 2.75) is 95.9 Å². The number of benzene rings is 4. The average molecular weight is 909 g/mol. The van der Waals surface area contributed by atoms with E-state index in [0.29, 0.717) is 5.56 Å². The number of ether oxygens (including phenoxy) is 1. The van der Waals surface area contributed by atoms with E-state index in [1.165, 1.54) is 0 Å². The van der Waals surface area contributed by atoms with Gasteiger partial charge in [0.15, 0.2) is 0 Å². The van der Waals surface area contributed by atoms with Gasteiger partial charge in [-0.15, -0.1) is 6.58 Å². The molecule has 4 N–H and O–H groups in total.